The Morgan fingerprint density at radius 2 is 1.62 bits per heavy atom. The highest BCUT2D eigenvalue weighted by Crippen LogP contribution is 2.43. The molecule has 0 saturated heterocycles. The number of fused-ring (bicyclic) bond motifs is 3. The minimum Gasteiger partial charge on any atom is -0.508 e. The van der Waals surface area contributed by atoms with E-state index >= 15 is 0 Å². The van der Waals surface area contributed by atoms with Gasteiger partial charge in [0.05, 0.1) is 22.8 Å². The standard InChI is InChI=1S/C56H58N6O10S2/c1-5-62(6-2)39-12-8-33-23-45(55(70)72-48(33)25-39)32-9-18-47(30(3)19-32)59-51(65)29-74-28-36-22-37(57)10-7-34(53(66)67)21-35(36)20-31(4)60-61-56(73)58-38-11-15-42(46(24-38)54(68)69)52-43-16-13-40(63)26-49(43)71-50-27-41(64)14-17-44(50)52/h8-9,11-19,23-27,34-37,63H,5-7,10,20-22,28-29,57H2,1-4H3,(H,59,65)(H,66,67)(H,68,69)(H2,58,61,73)/b60-31-/t34?,35-,36-,37?/m1/s1. The summed E-state index contributed by atoms with van der Waals surface area (Å²) in [5.41, 5.74) is 15.2. The van der Waals surface area contributed by atoms with E-state index < -0.39 is 23.5 Å². The summed E-state index contributed by atoms with van der Waals surface area (Å²) < 4.78 is 11.7. The molecule has 2 heterocycles. The van der Waals surface area contributed by atoms with Crippen molar-refractivity contribution in [1.82, 2.24) is 5.43 Å². The first-order valence-electron chi connectivity index (χ1n) is 24.5. The highest BCUT2D eigenvalue weighted by atomic mass is 32.2. The number of anilines is 3. The number of carboxylic acids is 2. The molecule has 0 spiro atoms. The number of aromatic carboxylic acids is 1. The van der Waals surface area contributed by atoms with Crippen LogP contribution in [0.5, 0.6) is 5.75 Å². The number of hydrogen-bond acceptors (Lipinski definition) is 13. The van der Waals surface area contributed by atoms with Crippen molar-refractivity contribution >= 4 is 91.7 Å². The smallest absolute Gasteiger partial charge is 0.344 e. The van der Waals surface area contributed by atoms with Crippen molar-refractivity contribution in [2.45, 2.75) is 65.8 Å². The lowest BCUT2D eigenvalue weighted by atomic mass is 9.75. The van der Waals surface area contributed by atoms with Crippen molar-refractivity contribution in [1.29, 1.82) is 0 Å². The molecule has 1 amide bonds. The number of nitrogens with zero attached hydrogens (tertiary/aromatic N) is 2. The third kappa shape index (κ3) is 12.3. The molecule has 1 saturated carbocycles. The Balaban J connectivity index is 0.914. The van der Waals surface area contributed by atoms with Crippen molar-refractivity contribution < 1.29 is 38.5 Å². The third-order valence-electron chi connectivity index (χ3n) is 13.7. The van der Waals surface area contributed by atoms with Crippen LogP contribution < -0.4 is 37.7 Å². The van der Waals surface area contributed by atoms with Gasteiger partial charge in [-0.25, -0.2) is 9.59 Å². The number of carbonyl (C=O) groups is 3. The summed E-state index contributed by atoms with van der Waals surface area (Å²) in [5.74, 6) is -2.22. The van der Waals surface area contributed by atoms with Gasteiger partial charge < -0.3 is 45.4 Å². The summed E-state index contributed by atoms with van der Waals surface area (Å²) in [6.07, 6.45) is 2.49. The van der Waals surface area contributed by atoms with E-state index in [-0.39, 0.29) is 62.7 Å². The van der Waals surface area contributed by atoms with E-state index in [0.29, 0.717) is 93.7 Å². The summed E-state index contributed by atoms with van der Waals surface area (Å²) in [4.78, 5) is 66.3. The number of benzene rings is 5. The number of rotatable bonds is 16. The fourth-order valence-electron chi connectivity index (χ4n) is 9.91. The fraction of sp³-hybridized carbons (Fsp3) is 0.304. The van der Waals surface area contributed by atoms with Gasteiger partial charge in [-0.1, -0.05) is 12.1 Å². The monoisotopic (exact) mass is 1040 g/mol. The number of aliphatic carboxylic acids is 1. The first kappa shape index (κ1) is 52.8. The van der Waals surface area contributed by atoms with Crippen LogP contribution >= 0.6 is 24.0 Å². The number of aromatic hydroxyl groups is 1. The molecule has 5 aromatic rings. The Morgan fingerprint density at radius 1 is 0.838 bits per heavy atom. The number of carbonyl (C=O) groups excluding carboxylic acids is 1. The number of hydrogen-bond donors (Lipinski definition) is 7. The van der Waals surface area contributed by atoms with Crippen molar-refractivity contribution in [2.75, 3.05) is 40.1 Å². The molecule has 0 radical (unpaired) electrons. The maximum absolute atomic E-state index is 13.4. The number of aryl methyl sites for hydroxylation is 1. The number of hydrazone groups is 1. The predicted molar refractivity (Wildman–Crippen MR) is 297 cm³/mol. The molecule has 2 unspecified atom stereocenters. The zero-order chi connectivity index (χ0) is 52.8. The van der Waals surface area contributed by atoms with Gasteiger partial charge in [-0.2, -0.15) is 16.9 Å². The summed E-state index contributed by atoms with van der Waals surface area (Å²) in [6.45, 7) is 9.50. The summed E-state index contributed by atoms with van der Waals surface area (Å²) in [6, 6.07) is 26.4. The highest BCUT2D eigenvalue weighted by Gasteiger charge is 2.33. The van der Waals surface area contributed by atoms with Crippen LogP contribution in [0, 0.1) is 24.7 Å². The van der Waals surface area contributed by atoms with Crippen LogP contribution in [0.1, 0.15) is 68.8 Å². The number of phenols is 1. The van der Waals surface area contributed by atoms with Gasteiger partial charge in [-0.05, 0) is 173 Å². The minimum absolute atomic E-state index is 0.0350. The van der Waals surface area contributed by atoms with Crippen LogP contribution in [0.15, 0.2) is 121 Å². The number of nitrogens with two attached hydrogens (primary N) is 1. The molecule has 384 valence electrons. The molecule has 74 heavy (non-hydrogen) atoms. The van der Waals surface area contributed by atoms with Gasteiger partial charge >= 0.3 is 17.6 Å². The Hall–Kier alpha value is -7.54. The summed E-state index contributed by atoms with van der Waals surface area (Å²) >= 11 is 7.04. The van der Waals surface area contributed by atoms with Gasteiger partial charge in [-0.3, -0.25) is 19.8 Å². The first-order valence-corrected chi connectivity index (χ1v) is 26.0. The molecule has 0 bridgehead atoms. The van der Waals surface area contributed by atoms with Gasteiger partial charge in [0.2, 0.25) is 5.91 Å². The number of amides is 1. The highest BCUT2D eigenvalue weighted by molar-refractivity contribution is 7.99. The molecule has 1 aliphatic heterocycles. The van der Waals surface area contributed by atoms with Gasteiger partial charge in [-0.15, -0.1) is 0 Å². The number of phenolic OH excluding ortho intramolecular Hbond substituents is 1. The second-order valence-corrected chi connectivity index (χ2v) is 20.2. The summed E-state index contributed by atoms with van der Waals surface area (Å²) in [5, 5.41) is 42.8. The van der Waals surface area contributed by atoms with E-state index in [1.807, 2.05) is 44.2 Å². The predicted octanol–water partition coefficient (Wildman–Crippen LogP) is 10.2. The van der Waals surface area contributed by atoms with Crippen LogP contribution in [0.2, 0.25) is 0 Å². The molecule has 4 aromatic carbocycles. The molecule has 2 aliphatic carbocycles. The number of thioether (sulfide) groups is 1. The third-order valence-corrected chi connectivity index (χ3v) is 15.0. The SMILES string of the molecule is CCN(CC)c1ccc2cc(-c3ccc(NC(=O)CSC[C@H]4CC(N)CCC(C(=O)O)C[C@H]4C/C(C)=N\NC(=S)Nc4ccc(-c5c6ccc(=O)cc-6oc6cc(O)ccc56)c(C(=O)O)c4)c(C)c3)c(=O)oc2c1. The maximum Gasteiger partial charge on any atom is 0.344 e. The summed E-state index contributed by atoms with van der Waals surface area (Å²) in [7, 11) is 0. The lowest BCUT2D eigenvalue weighted by Crippen LogP contribution is -2.35. The lowest BCUT2D eigenvalue weighted by Gasteiger charge is -2.34. The van der Waals surface area contributed by atoms with Crippen molar-refractivity contribution in [2.24, 2.45) is 28.6 Å². The van der Waals surface area contributed by atoms with Crippen molar-refractivity contribution in [3.63, 3.8) is 0 Å². The zero-order valence-corrected chi connectivity index (χ0v) is 43.0. The van der Waals surface area contributed by atoms with Gasteiger partial charge in [0, 0.05) is 82.0 Å². The molecule has 3 aliphatic rings. The molecule has 8 rings (SSSR count). The van der Waals surface area contributed by atoms with Crippen LogP contribution in [0.25, 0.3) is 55.5 Å². The van der Waals surface area contributed by atoms with E-state index in [1.165, 1.54) is 42.1 Å². The fourth-order valence-corrected chi connectivity index (χ4v) is 11.2. The van der Waals surface area contributed by atoms with Crippen molar-refractivity contribution in [3.05, 3.63) is 129 Å². The minimum atomic E-state index is -1.22. The van der Waals surface area contributed by atoms with Crippen LogP contribution in [-0.4, -0.2) is 74.6 Å². The number of nitrogens with one attached hydrogen (secondary N) is 3. The van der Waals surface area contributed by atoms with Crippen LogP contribution in [-0.2, 0) is 9.59 Å². The average Bonchev–Trinajstić information content (AvgIpc) is 3.35. The van der Waals surface area contributed by atoms with E-state index in [1.54, 1.807) is 36.4 Å². The number of carboxylic acid groups (broad SMARTS) is 2. The van der Waals surface area contributed by atoms with E-state index in [9.17, 15) is 39.3 Å². The largest absolute Gasteiger partial charge is 0.508 e. The normalized spacial score (nSPS) is 17.1. The quantitative estimate of drug-likeness (QED) is 0.0156. The van der Waals surface area contributed by atoms with Crippen LogP contribution in [0.3, 0.4) is 0 Å². The van der Waals surface area contributed by atoms with Crippen molar-refractivity contribution in [3.8, 4) is 39.3 Å². The Morgan fingerprint density at radius 3 is 2.36 bits per heavy atom. The Bertz CT molecular complexity index is 3410. The molecule has 16 nitrogen and oxygen atoms in total. The molecular formula is C56H58N6O10S2. The van der Waals surface area contributed by atoms with Gasteiger partial charge in [0.1, 0.15) is 22.7 Å². The molecule has 8 N–H and O–H groups in total. The topological polar surface area (TPSA) is 250 Å². The molecule has 1 aromatic heterocycles. The maximum atomic E-state index is 13.4. The average molecular weight is 1040 g/mol. The van der Waals surface area contributed by atoms with Crippen LogP contribution in [0.4, 0.5) is 17.1 Å². The second-order valence-electron chi connectivity index (χ2n) is 18.8. The molecule has 4 atom stereocenters. The van der Waals surface area contributed by atoms with E-state index in [4.69, 9.17) is 26.8 Å². The molecule has 1 fully saturated rings. The Kier molecular flexibility index (Phi) is 16.5. The second kappa shape index (κ2) is 23.1. The van der Waals surface area contributed by atoms with E-state index in [0.717, 1.165) is 29.7 Å². The lowest BCUT2D eigenvalue weighted by molar-refractivity contribution is -0.143. The van der Waals surface area contributed by atoms with E-state index in [2.05, 4.69) is 39.9 Å². The molecular weight excluding hydrogens is 981 g/mol. The number of thiocarbonyl (C=S) groups is 1. The van der Waals surface area contributed by atoms with Gasteiger partial charge in [0.15, 0.2) is 10.5 Å². The Labute approximate surface area is 436 Å². The first-order chi connectivity index (χ1) is 35.5. The molecule has 18 heteroatoms. The van der Waals surface area contributed by atoms with Gasteiger partial charge in [0.25, 0.3) is 0 Å². The zero-order valence-electron chi connectivity index (χ0n) is 41.4.